The Kier molecular flexibility index (Phi) is 5.11. The Morgan fingerprint density at radius 3 is 2.52 bits per heavy atom. The SMILES string of the molecule is CCC(CC)Nc1cc(Nc2ccccn2)c2nnc(C(C)C)n2n1. The summed E-state index contributed by atoms with van der Waals surface area (Å²) in [6, 6.07) is 8.11. The molecule has 3 aromatic rings. The van der Waals surface area contributed by atoms with Gasteiger partial charge in [0, 0.05) is 24.2 Å². The van der Waals surface area contributed by atoms with Crippen LogP contribution in [0.5, 0.6) is 0 Å². The van der Waals surface area contributed by atoms with E-state index in [1.54, 1.807) is 6.20 Å². The Balaban J connectivity index is 2.06. The average molecular weight is 339 g/mol. The molecule has 0 aliphatic carbocycles. The van der Waals surface area contributed by atoms with Gasteiger partial charge in [0.2, 0.25) is 5.65 Å². The van der Waals surface area contributed by atoms with E-state index in [2.05, 4.69) is 53.5 Å². The van der Waals surface area contributed by atoms with Crippen molar-refractivity contribution in [2.75, 3.05) is 10.6 Å². The third-order valence-electron chi connectivity index (χ3n) is 4.18. The van der Waals surface area contributed by atoms with Crippen molar-refractivity contribution >= 4 is 23.0 Å². The Morgan fingerprint density at radius 2 is 1.88 bits per heavy atom. The molecule has 0 unspecified atom stereocenters. The van der Waals surface area contributed by atoms with Crippen LogP contribution in [0.1, 0.15) is 52.3 Å². The lowest BCUT2D eigenvalue weighted by molar-refractivity contribution is 0.661. The van der Waals surface area contributed by atoms with Crippen LogP contribution in [0.2, 0.25) is 0 Å². The second kappa shape index (κ2) is 7.46. The molecule has 3 heterocycles. The fourth-order valence-corrected chi connectivity index (χ4v) is 2.70. The molecule has 0 aliphatic rings. The minimum absolute atomic E-state index is 0.230. The van der Waals surface area contributed by atoms with E-state index in [1.807, 2.05) is 28.8 Å². The molecule has 0 fully saturated rings. The summed E-state index contributed by atoms with van der Waals surface area (Å²) in [5.41, 5.74) is 1.53. The van der Waals surface area contributed by atoms with E-state index in [4.69, 9.17) is 5.10 Å². The van der Waals surface area contributed by atoms with E-state index < -0.39 is 0 Å². The van der Waals surface area contributed by atoms with Crippen LogP contribution in [0.3, 0.4) is 0 Å². The highest BCUT2D eigenvalue weighted by Gasteiger charge is 2.16. The van der Waals surface area contributed by atoms with Crippen molar-refractivity contribution in [1.82, 2.24) is 24.8 Å². The molecule has 0 aromatic carbocycles. The molecule has 7 nitrogen and oxygen atoms in total. The number of nitrogens with one attached hydrogen (secondary N) is 2. The molecule has 0 saturated heterocycles. The molecule has 0 bridgehead atoms. The van der Waals surface area contributed by atoms with Gasteiger partial charge in [-0.05, 0) is 25.0 Å². The van der Waals surface area contributed by atoms with Crippen LogP contribution in [0, 0.1) is 0 Å². The number of aromatic nitrogens is 5. The van der Waals surface area contributed by atoms with Crippen molar-refractivity contribution in [2.45, 2.75) is 52.5 Å². The van der Waals surface area contributed by atoms with Gasteiger partial charge in [0.15, 0.2) is 5.82 Å². The zero-order chi connectivity index (χ0) is 17.8. The zero-order valence-corrected chi connectivity index (χ0v) is 15.2. The molecule has 132 valence electrons. The molecule has 0 amide bonds. The normalized spacial score (nSPS) is 11.4. The summed E-state index contributed by atoms with van der Waals surface area (Å²) in [6.45, 7) is 8.52. The molecule has 0 spiro atoms. The van der Waals surface area contributed by atoms with Gasteiger partial charge in [0.1, 0.15) is 11.6 Å². The molecule has 0 radical (unpaired) electrons. The number of fused-ring (bicyclic) bond motifs is 1. The first-order valence-corrected chi connectivity index (χ1v) is 8.83. The smallest absolute Gasteiger partial charge is 0.201 e. The largest absolute Gasteiger partial charge is 0.366 e. The van der Waals surface area contributed by atoms with Crippen LogP contribution in [0.15, 0.2) is 30.5 Å². The number of anilines is 3. The van der Waals surface area contributed by atoms with Gasteiger partial charge in [-0.15, -0.1) is 15.3 Å². The highest BCUT2D eigenvalue weighted by Crippen LogP contribution is 2.25. The summed E-state index contributed by atoms with van der Waals surface area (Å²) in [5.74, 6) is 2.64. The van der Waals surface area contributed by atoms with E-state index in [0.29, 0.717) is 11.7 Å². The van der Waals surface area contributed by atoms with E-state index in [-0.39, 0.29) is 5.92 Å². The predicted octanol–water partition coefficient (Wildman–Crippen LogP) is 3.99. The third kappa shape index (κ3) is 3.70. The fraction of sp³-hybridized carbons (Fsp3) is 0.444. The number of hydrogen-bond donors (Lipinski definition) is 2. The van der Waals surface area contributed by atoms with Gasteiger partial charge in [0.05, 0.1) is 5.69 Å². The molecule has 3 rings (SSSR count). The molecule has 0 saturated carbocycles. The number of hydrogen-bond acceptors (Lipinski definition) is 6. The van der Waals surface area contributed by atoms with Gasteiger partial charge in [-0.3, -0.25) is 0 Å². The van der Waals surface area contributed by atoms with Crippen LogP contribution in [-0.2, 0) is 0 Å². The van der Waals surface area contributed by atoms with Gasteiger partial charge in [-0.25, -0.2) is 4.98 Å². The third-order valence-corrected chi connectivity index (χ3v) is 4.18. The highest BCUT2D eigenvalue weighted by atomic mass is 15.4. The molecule has 25 heavy (non-hydrogen) atoms. The van der Waals surface area contributed by atoms with Crippen molar-refractivity contribution in [2.24, 2.45) is 0 Å². The lowest BCUT2D eigenvalue weighted by atomic mass is 10.2. The van der Waals surface area contributed by atoms with Crippen LogP contribution in [0.25, 0.3) is 5.65 Å². The van der Waals surface area contributed by atoms with Crippen molar-refractivity contribution < 1.29 is 0 Å². The minimum atomic E-state index is 0.230. The topological polar surface area (TPSA) is 80.0 Å². The van der Waals surface area contributed by atoms with E-state index in [1.165, 1.54) is 0 Å². The maximum absolute atomic E-state index is 4.71. The van der Waals surface area contributed by atoms with Gasteiger partial charge in [-0.2, -0.15) is 4.52 Å². The maximum atomic E-state index is 4.71. The summed E-state index contributed by atoms with van der Waals surface area (Å²) < 4.78 is 1.82. The van der Waals surface area contributed by atoms with Crippen molar-refractivity contribution in [1.29, 1.82) is 0 Å². The summed E-state index contributed by atoms with van der Waals surface area (Å²) in [6.07, 6.45) is 3.84. The second-order valence-electron chi connectivity index (χ2n) is 6.39. The van der Waals surface area contributed by atoms with E-state index in [9.17, 15) is 0 Å². The Hall–Kier alpha value is -2.70. The molecule has 2 N–H and O–H groups in total. The van der Waals surface area contributed by atoms with Crippen LogP contribution >= 0.6 is 0 Å². The van der Waals surface area contributed by atoms with Gasteiger partial charge < -0.3 is 10.6 Å². The molecular formula is C18H25N7. The highest BCUT2D eigenvalue weighted by molar-refractivity contribution is 5.74. The number of rotatable bonds is 7. The van der Waals surface area contributed by atoms with Crippen LogP contribution in [0.4, 0.5) is 17.3 Å². The summed E-state index contributed by atoms with van der Waals surface area (Å²) in [7, 11) is 0. The molecule has 3 aromatic heterocycles. The minimum Gasteiger partial charge on any atom is -0.366 e. The first-order chi connectivity index (χ1) is 12.1. The van der Waals surface area contributed by atoms with Gasteiger partial charge >= 0.3 is 0 Å². The fourth-order valence-electron chi connectivity index (χ4n) is 2.70. The molecule has 0 atom stereocenters. The zero-order valence-electron chi connectivity index (χ0n) is 15.2. The van der Waals surface area contributed by atoms with E-state index >= 15 is 0 Å². The molecule has 0 aliphatic heterocycles. The molecule has 7 heteroatoms. The lowest BCUT2D eigenvalue weighted by Gasteiger charge is -2.17. The van der Waals surface area contributed by atoms with Crippen molar-refractivity contribution in [3.63, 3.8) is 0 Å². The second-order valence-corrected chi connectivity index (χ2v) is 6.39. The quantitative estimate of drug-likeness (QED) is 0.677. The monoisotopic (exact) mass is 339 g/mol. The first-order valence-electron chi connectivity index (χ1n) is 8.83. The van der Waals surface area contributed by atoms with Crippen molar-refractivity contribution in [3.8, 4) is 0 Å². The predicted molar refractivity (Wildman–Crippen MR) is 100 cm³/mol. The maximum Gasteiger partial charge on any atom is 0.201 e. The van der Waals surface area contributed by atoms with Gasteiger partial charge in [-0.1, -0.05) is 33.8 Å². The summed E-state index contributed by atoms with van der Waals surface area (Å²) >= 11 is 0. The number of nitrogens with zero attached hydrogens (tertiary/aromatic N) is 5. The Morgan fingerprint density at radius 1 is 1.08 bits per heavy atom. The standard InChI is InChI=1S/C18H25N7/c1-5-13(6-2)20-16-11-14(21-15-9-7-8-10-19-15)18-23-22-17(12(3)4)25(18)24-16/h7-13H,5-6H2,1-4H3,(H,19,21)(H,20,24). The van der Waals surface area contributed by atoms with E-state index in [0.717, 1.165) is 36.0 Å². The van der Waals surface area contributed by atoms with Crippen LogP contribution in [-0.4, -0.2) is 30.8 Å². The Labute approximate surface area is 147 Å². The van der Waals surface area contributed by atoms with Crippen molar-refractivity contribution in [3.05, 3.63) is 36.3 Å². The summed E-state index contributed by atoms with van der Waals surface area (Å²) in [4.78, 5) is 4.34. The number of pyridine rings is 1. The lowest BCUT2D eigenvalue weighted by Crippen LogP contribution is -2.19. The van der Waals surface area contributed by atoms with Crippen LogP contribution < -0.4 is 10.6 Å². The first kappa shape index (κ1) is 17.1. The van der Waals surface area contributed by atoms with Gasteiger partial charge in [0.25, 0.3) is 0 Å². The molecular weight excluding hydrogens is 314 g/mol. The average Bonchev–Trinajstić information content (AvgIpc) is 3.05. The Bertz CT molecular complexity index is 822. The summed E-state index contributed by atoms with van der Waals surface area (Å²) in [5, 5.41) is 20.2.